The van der Waals surface area contributed by atoms with Crippen LogP contribution in [0.25, 0.3) is 10.9 Å². The van der Waals surface area contributed by atoms with Gasteiger partial charge in [-0.05, 0) is 48.1 Å². The molecule has 0 aliphatic rings. The van der Waals surface area contributed by atoms with Crippen molar-refractivity contribution >= 4 is 39.5 Å². The fraction of sp³-hybridized carbons (Fsp3) is 0.0909. The van der Waals surface area contributed by atoms with Crippen LogP contribution in [0.2, 0.25) is 0 Å². The number of nitrogens with one attached hydrogen (secondary N) is 2. The van der Waals surface area contributed by atoms with Gasteiger partial charge in [-0.1, -0.05) is 18.1 Å². The molecule has 4 aromatic rings. The molecule has 0 radical (unpaired) electrons. The SMILES string of the molecule is Cc1cc2n[nH]c(C#Cc3cccc([N+](=O)[O-])c3)c2cc1NC(=O)Cc1cccs1. The molecule has 0 atom stereocenters. The van der Waals surface area contributed by atoms with E-state index in [1.165, 1.54) is 12.1 Å². The van der Waals surface area contributed by atoms with Crippen LogP contribution in [0.1, 0.15) is 21.7 Å². The number of rotatable bonds is 4. The molecular formula is C22H16N4O3S. The van der Waals surface area contributed by atoms with Crippen LogP contribution in [0.15, 0.2) is 53.9 Å². The third-order valence-electron chi connectivity index (χ3n) is 4.48. The Kier molecular flexibility index (Phi) is 5.28. The number of nitrogens with zero attached hydrogens (tertiary/aromatic N) is 2. The van der Waals surface area contributed by atoms with Crippen LogP contribution in [-0.2, 0) is 11.2 Å². The lowest BCUT2D eigenvalue weighted by Crippen LogP contribution is -2.14. The highest BCUT2D eigenvalue weighted by atomic mass is 32.1. The second kappa shape index (κ2) is 8.19. The van der Waals surface area contributed by atoms with Gasteiger partial charge in [0.05, 0.1) is 16.9 Å². The van der Waals surface area contributed by atoms with Gasteiger partial charge in [0, 0.05) is 33.6 Å². The van der Waals surface area contributed by atoms with Crippen LogP contribution in [0.4, 0.5) is 11.4 Å². The largest absolute Gasteiger partial charge is 0.326 e. The second-order valence-electron chi connectivity index (χ2n) is 6.64. The molecule has 2 aromatic carbocycles. The molecule has 0 saturated carbocycles. The first-order chi connectivity index (χ1) is 14.5. The maximum Gasteiger partial charge on any atom is 0.270 e. The van der Waals surface area contributed by atoms with E-state index in [4.69, 9.17) is 0 Å². The summed E-state index contributed by atoms with van der Waals surface area (Å²) in [5.74, 6) is 5.82. The fourth-order valence-corrected chi connectivity index (χ4v) is 3.69. The molecule has 8 heteroatoms. The number of nitro groups is 1. The van der Waals surface area contributed by atoms with Crippen molar-refractivity contribution in [3.05, 3.63) is 85.7 Å². The Morgan fingerprint density at radius 2 is 2.10 bits per heavy atom. The zero-order valence-electron chi connectivity index (χ0n) is 15.9. The average Bonchev–Trinajstić information content (AvgIpc) is 3.36. The normalized spacial score (nSPS) is 10.4. The van der Waals surface area contributed by atoms with Gasteiger partial charge in [-0.2, -0.15) is 5.10 Å². The lowest BCUT2D eigenvalue weighted by Gasteiger charge is -2.08. The maximum atomic E-state index is 12.4. The molecule has 0 saturated heterocycles. The number of aromatic amines is 1. The Hall–Kier alpha value is -3.96. The molecule has 2 N–H and O–H groups in total. The molecule has 0 aliphatic heterocycles. The fourth-order valence-electron chi connectivity index (χ4n) is 2.99. The molecule has 2 aromatic heterocycles. The topological polar surface area (TPSA) is 101 Å². The Bertz CT molecular complexity index is 1310. The maximum absolute atomic E-state index is 12.4. The first-order valence-electron chi connectivity index (χ1n) is 9.07. The van der Waals surface area contributed by atoms with Crippen LogP contribution in [0.5, 0.6) is 0 Å². The molecule has 2 heterocycles. The number of benzene rings is 2. The molecule has 0 spiro atoms. The molecule has 0 unspecified atom stereocenters. The van der Waals surface area contributed by atoms with E-state index in [2.05, 4.69) is 27.4 Å². The van der Waals surface area contributed by atoms with Crippen molar-refractivity contribution in [2.75, 3.05) is 5.32 Å². The second-order valence-corrected chi connectivity index (χ2v) is 7.68. The molecule has 30 heavy (non-hydrogen) atoms. The number of hydrogen-bond donors (Lipinski definition) is 2. The number of carbonyl (C=O) groups excluding carboxylic acids is 1. The van der Waals surface area contributed by atoms with Gasteiger partial charge in [0.15, 0.2) is 0 Å². The van der Waals surface area contributed by atoms with Gasteiger partial charge in [0.25, 0.3) is 5.69 Å². The number of aromatic nitrogens is 2. The average molecular weight is 416 g/mol. The van der Waals surface area contributed by atoms with Gasteiger partial charge in [0.1, 0.15) is 5.69 Å². The van der Waals surface area contributed by atoms with Gasteiger partial charge in [-0.3, -0.25) is 20.0 Å². The summed E-state index contributed by atoms with van der Waals surface area (Å²) in [7, 11) is 0. The van der Waals surface area contributed by atoms with E-state index in [1.54, 1.807) is 23.5 Å². The van der Waals surface area contributed by atoms with Gasteiger partial charge < -0.3 is 5.32 Å². The van der Waals surface area contributed by atoms with E-state index in [0.29, 0.717) is 23.4 Å². The smallest absolute Gasteiger partial charge is 0.270 e. The van der Waals surface area contributed by atoms with Crippen LogP contribution in [0, 0.1) is 28.9 Å². The standard InChI is InChI=1S/C22H16N4O3S/c1-14-10-21-18(13-20(14)23-22(27)12-17-6-3-9-30-17)19(24-25-21)8-7-15-4-2-5-16(11-15)26(28)29/h2-6,9-11,13H,12H2,1H3,(H,23,27)(H,24,25). The van der Waals surface area contributed by atoms with E-state index in [0.717, 1.165) is 21.3 Å². The van der Waals surface area contributed by atoms with Crippen molar-refractivity contribution in [3.63, 3.8) is 0 Å². The van der Waals surface area contributed by atoms with Crippen LogP contribution >= 0.6 is 11.3 Å². The predicted octanol–water partition coefficient (Wildman–Crippen LogP) is 4.42. The number of anilines is 1. The summed E-state index contributed by atoms with van der Waals surface area (Å²) in [4.78, 5) is 23.8. The summed E-state index contributed by atoms with van der Waals surface area (Å²) < 4.78 is 0. The van der Waals surface area contributed by atoms with Crippen LogP contribution < -0.4 is 5.32 Å². The minimum absolute atomic E-state index is 0.0115. The van der Waals surface area contributed by atoms with Gasteiger partial charge in [-0.25, -0.2) is 0 Å². The Morgan fingerprint density at radius 1 is 1.23 bits per heavy atom. The number of H-pyrrole nitrogens is 1. The van der Waals surface area contributed by atoms with E-state index in [-0.39, 0.29) is 11.6 Å². The number of thiophene rings is 1. The lowest BCUT2D eigenvalue weighted by atomic mass is 10.1. The lowest BCUT2D eigenvalue weighted by molar-refractivity contribution is -0.384. The summed E-state index contributed by atoms with van der Waals surface area (Å²) in [6.07, 6.45) is 0.319. The zero-order chi connectivity index (χ0) is 21.1. The first-order valence-corrected chi connectivity index (χ1v) is 9.95. The van der Waals surface area contributed by atoms with Crippen molar-refractivity contribution in [2.45, 2.75) is 13.3 Å². The van der Waals surface area contributed by atoms with Crippen molar-refractivity contribution in [2.24, 2.45) is 0 Å². The number of fused-ring (bicyclic) bond motifs is 1. The molecule has 4 rings (SSSR count). The summed E-state index contributed by atoms with van der Waals surface area (Å²) in [5, 5.41) is 23.8. The minimum Gasteiger partial charge on any atom is -0.326 e. The van der Waals surface area contributed by atoms with Crippen LogP contribution in [-0.4, -0.2) is 21.0 Å². The van der Waals surface area contributed by atoms with E-state index < -0.39 is 4.92 Å². The van der Waals surface area contributed by atoms with E-state index >= 15 is 0 Å². The summed E-state index contributed by atoms with van der Waals surface area (Å²) in [6, 6.07) is 13.7. The third-order valence-corrected chi connectivity index (χ3v) is 5.35. The van der Waals surface area contributed by atoms with Gasteiger partial charge in [0.2, 0.25) is 5.91 Å². The highest BCUT2D eigenvalue weighted by molar-refractivity contribution is 7.10. The molecular weight excluding hydrogens is 400 g/mol. The number of carbonyl (C=O) groups is 1. The quantitative estimate of drug-likeness (QED) is 0.292. The van der Waals surface area contributed by atoms with Crippen molar-refractivity contribution in [1.29, 1.82) is 0 Å². The van der Waals surface area contributed by atoms with Crippen molar-refractivity contribution < 1.29 is 9.72 Å². The number of hydrogen-bond acceptors (Lipinski definition) is 5. The summed E-state index contributed by atoms with van der Waals surface area (Å²) >= 11 is 1.54. The molecule has 148 valence electrons. The zero-order valence-corrected chi connectivity index (χ0v) is 16.7. The predicted molar refractivity (Wildman–Crippen MR) is 117 cm³/mol. The molecule has 0 fully saturated rings. The molecule has 1 amide bonds. The molecule has 7 nitrogen and oxygen atoms in total. The van der Waals surface area contributed by atoms with Crippen molar-refractivity contribution in [3.8, 4) is 11.8 Å². The Morgan fingerprint density at radius 3 is 2.87 bits per heavy atom. The van der Waals surface area contributed by atoms with Crippen molar-refractivity contribution in [1.82, 2.24) is 10.2 Å². The first kappa shape index (κ1) is 19.4. The highest BCUT2D eigenvalue weighted by Gasteiger charge is 2.11. The summed E-state index contributed by atoms with van der Waals surface area (Å²) in [5.41, 5.74) is 3.42. The third kappa shape index (κ3) is 4.21. The summed E-state index contributed by atoms with van der Waals surface area (Å²) in [6.45, 7) is 1.91. The Labute approximate surface area is 175 Å². The Balaban J connectivity index is 1.61. The molecule has 0 bridgehead atoms. The number of aryl methyl sites for hydroxylation is 1. The van der Waals surface area contributed by atoms with E-state index in [1.807, 2.05) is 36.6 Å². The minimum atomic E-state index is -0.454. The molecule has 0 aliphatic carbocycles. The van der Waals surface area contributed by atoms with Gasteiger partial charge in [-0.15, -0.1) is 11.3 Å². The van der Waals surface area contributed by atoms with Gasteiger partial charge >= 0.3 is 0 Å². The highest BCUT2D eigenvalue weighted by Crippen LogP contribution is 2.25. The monoisotopic (exact) mass is 416 g/mol. The number of amides is 1. The van der Waals surface area contributed by atoms with E-state index in [9.17, 15) is 14.9 Å². The van der Waals surface area contributed by atoms with Crippen LogP contribution in [0.3, 0.4) is 0 Å². The number of nitro benzene ring substituents is 1. The number of non-ortho nitro benzene ring substituents is 1.